The number of rotatable bonds is 5. The third-order valence-corrected chi connectivity index (χ3v) is 4.69. The van der Waals surface area contributed by atoms with Crippen LogP contribution >= 0.6 is 0 Å². The first-order valence-electron chi connectivity index (χ1n) is 6.23. The number of hydrogen-bond acceptors (Lipinski definition) is 6. The lowest BCUT2D eigenvalue weighted by atomic mass is 9.86. The molecule has 114 valence electrons. The number of methoxy groups -OCH3 is 1. The van der Waals surface area contributed by atoms with Crippen LogP contribution in [0.4, 0.5) is 0 Å². The maximum Gasteiger partial charge on any atom is 0.308 e. The van der Waals surface area contributed by atoms with Crippen LogP contribution in [0.25, 0.3) is 0 Å². The molecule has 1 rings (SSSR count). The highest BCUT2D eigenvalue weighted by atomic mass is 32.2. The molecule has 0 unspecified atom stereocenters. The van der Waals surface area contributed by atoms with E-state index in [-0.39, 0.29) is 23.6 Å². The fraction of sp³-hybridized carbons (Fsp3) is 0.583. The molecule has 20 heavy (non-hydrogen) atoms. The molecule has 0 amide bonds. The average molecular weight is 304 g/mol. The van der Waals surface area contributed by atoms with Crippen LogP contribution in [0.2, 0.25) is 0 Å². The van der Waals surface area contributed by atoms with E-state index in [1.165, 1.54) is 7.11 Å². The summed E-state index contributed by atoms with van der Waals surface area (Å²) in [5.74, 6) is -0.465. The number of nitrogens with one attached hydrogen (secondary N) is 1. The molecule has 0 aromatic rings. The molecule has 0 aromatic heterocycles. The Labute approximate surface area is 118 Å². The first-order chi connectivity index (χ1) is 9.31. The van der Waals surface area contributed by atoms with E-state index >= 15 is 0 Å². The fourth-order valence-electron chi connectivity index (χ4n) is 2.13. The topological polar surface area (TPSA) is 119 Å². The number of ether oxygens (including phenoxy) is 1. The van der Waals surface area contributed by atoms with Gasteiger partial charge in [0.05, 0.1) is 18.7 Å². The van der Waals surface area contributed by atoms with Crippen LogP contribution in [0.5, 0.6) is 0 Å². The largest absolute Gasteiger partial charge is 0.496 e. The van der Waals surface area contributed by atoms with Gasteiger partial charge in [0.1, 0.15) is 0 Å². The van der Waals surface area contributed by atoms with E-state index in [0.717, 1.165) is 6.08 Å². The van der Waals surface area contributed by atoms with Gasteiger partial charge in [-0.2, -0.15) is 0 Å². The second-order valence-corrected chi connectivity index (χ2v) is 6.29. The molecule has 0 aliphatic heterocycles. The number of allylic oxidation sites excluding steroid dienone is 1. The highest BCUT2D eigenvalue weighted by Gasteiger charge is 2.30. The Morgan fingerprint density at radius 2 is 1.95 bits per heavy atom. The highest BCUT2D eigenvalue weighted by molar-refractivity contribution is 7.93. The average Bonchev–Trinajstić information content (AvgIpc) is 2.45. The van der Waals surface area contributed by atoms with Crippen LogP contribution in [-0.4, -0.2) is 32.6 Å². The molecule has 1 fully saturated rings. The monoisotopic (exact) mass is 304 g/mol. The summed E-state index contributed by atoms with van der Waals surface area (Å²) in [4.78, 5) is 11.4. The molecule has 0 aromatic carbocycles. The van der Waals surface area contributed by atoms with Gasteiger partial charge < -0.3 is 15.6 Å². The number of aliphatic hydroxyl groups excluding tert-OH is 1. The summed E-state index contributed by atoms with van der Waals surface area (Å²) in [6.45, 7) is 3.29. The predicted molar refractivity (Wildman–Crippen MR) is 73.9 cm³/mol. The van der Waals surface area contributed by atoms with E-state index in [1.54, 1.807) is 0 Å². The van der Waals surface area contributed by atoms with Crippen LogP contribution in [0.1, 0.15) is 25.7 Å². The van der Waals surface area contributed by atoms with Gasteiger partial charge in [-0.3, -0.25) is 4.79 Å². The van der Waals surface area contributed by atoms with Crippen molar-refractivity contribution >= 4 is 16.0 Å². The number of esters is 1. The Morgan fingerprint density at radius 3 is 2.40 bits per heavy atom. The Balaban J connectivity index is 2.64. The normalized spacial score (nSPS) is 24.6. The molecule has 0 bridgehead atoms. The molecule has 8 heteroatoms. The summed E-state index contributed by atoms with van der Waals surface area (Å²) < 4.78 is 30.7. The molecular formula is C12H20N2O5S. The summed E-state index contributed by atoms with van der Waals surface area (Å²) in [7, 11) is -2.71. The minimum Gasteiger partial charge on any atom is -0.496 e. The molecule has 0 radical (unpaired) electrons. The lowest BCUT2D eigenvalue weighted by Crippen LogP contribution is -2.39. The molecule has 1 saturated carbocycles. The molecule has 0 saturated heterocycles. The highest BCUT2D eigenvalue weighted by Crippen LogP contribution is 2.26. The Morgan fingerprint density at radius 1 is 1.40 bits per heavy atom. The van der Waals surface area contributed by atoms with Gasteiger partial charge in [-0.1, -0.05) is 6.58 Å². The Kier molecular flexibility index (Phi) is 5.58. The molecule has 4 N–H and O–H groups in total. The van der Waals surface area contributed by atoms with Crippen LogP contribution in [0.3, 0.4) is 0 Å². The van der Waals surface area contributed by atoms with Crippen LogP contribution < -0.4 is 10.5 Å². The fourth-order valence-corrected chi connectivity index (χ4v) is 3.31. The minimum atomic E-state index is -4.04. The SMILES string of the molecule is C=C/C(N)=C(/O)S(=O)(=O)NC1CCC(C(=O)OC)CC1. The van der Waals surface area contributed by atoms with Crippen LogP contribution in [0, 0.1) is 5.92 Å². The van der Waals surface area contributed by atoms with Gasteiger partial charge in [0.2, 0.25) is 5.09 Å². The number of carbonyl (C=O) groups is 1. The standard InChI is InChI=1S/C12H20N2O5S/c1-3-10(13)12(16)20(17,18)14-9-6-4-8(5-7-9)11(15)19-2/h3,8-9,14,16H,1,4-7,13H2,2H3/b12-10+. The number of nitrogens with two attached hydrogens (primary N) is 1. The first-order valence-corrected chi connectivity index (χ1v) is 7.71. The zero-order valence-corrected chi connectivity index (χ0v) is 12.1. The maximum absolute atomic E-state index is 11.8. The number of hydrogen-bond donors (Lipinski definition) is 3. The third-order valence-electron chi connectivity index (χ3n) is 3.30. The van der Waals surface area contributed by atoms with Gasteiger partial charge in [0.15, 0.2) is 0 Å². The lowest BCUT2D eigenvalue weighted by molar-refractivity contribution is -0.146. The van der Waals surface area contributed by atoms with E-state index in [4.69, 9.17) is 5.73 Å². The smallest absolute Gasteiger partial charge is 0.308 e. The van der Waals surface area contributed by atoms with Crippen LogP contribution in [-0.2, 0) is 19.6 Å². The van der Waals surface area contributed by atoms with E-state index in [9.17, 15) is 18.3 Å². The molecule has 1 aliphatic carbocycles. The maximum atomic E-state index is 11.8. The zero-order valence-electron chi connectivity index (χ0n) is 11.3. The predicted octanol–water partition coefficient (Wildman–Crippen LogP) is 0.509. The molecule has 0 atom stereocenters. The second-order valence-electron chi connectivity index (χ2n) is 4.66. The van der Waals surface area contributed by atoms with Crippen molar-refractivity contribution in [2.45, 2.75) is 31.7 Å². The lowest BCUT2D eigenvalue weighted by Gasteiger charge is -2.27. The zero-order chi connectivity index (χ0) is 15.3. The van der Waals surface area contributed by atoms with Crippen molar-refractivity contribution in [2.75, 3.05) is 7.11 Å². The molecule has 0 spiro atoms. The summed E-state index contributed by atoms with van der Waals surface area (Å²) >= 11 is 0. The third kappa shape index (κ3) is 3.97. The quantitative estimate of drug-likeness (QED) is 0.387. The number of carbonyl (C=O) groups excluding carboxylic acids is 1. The minimum absolute atomic E-state index is 0.192. The molecule has 0 heterocycles. The van der Waals surface area contributed by atoms with E-state index in [1.807, 2.05) is 0 Å². The van der Waals surface area contributed by atoms with Gasteiger partial charge in [-0.05, 0) is 31.8 Å². The summed E-state index contributed by atoms with van der Waals surface area (Å²) in [5, 5.41) is 8.59. The van der Waals surface area contributed by atoms with Gasteiger partial charge in [-0.25, -0.2) is 13.1 Å². The van der Waals surface area contributed by atoms with E-state index < -0.39 is 15.1 Å². The van der Waals surface area contributed by atoms with Crippen molar-refractivity contribution in [3.05, 3.63) is 23.4 Å². The van der Waals surface area contributed by atoms with E-state index in [2.05, 4.69) is 16.0 Å². The van der Waals surface area contributed by atoms with Crippen molar-refractivity contribution < 1.29 is 23.1 Å². The first kappa shape index (κ1) is 16.5. The van der Waals surface area contributed by atoms with Crippen LogP contribution in [0.15, 0.2) is 23.4 Å². The molecule has 1 aliphatic rings. The summed E-state index contributed by atoms with van der Waals surface area (Å²) in [5.41, 5.74) is 5.01. The van der Waals surface area contributed by atoms with E-state index in [0.29, 0.717) is 25.7 Å². The van der Waals surface area contributed by atoms with Gasteiger partial charge in [0, 0.05) is 6.04 Å². The van der Waals surface area contributed by atoms with Gasteiger partial charge in [-0.15, -0.1) is 0 Å². The summed E-state index contributed by atoms with van der Waals surface area (Å²) in [6, 6.07) is -0.333. The van der Waals surface area contributed by atoms with Crippen molar-refractivity contribution in [3.8, 4) is 0 Å². The molecular weight excluding hydrogens is 284 g/mol. The number of sulfonamides is 1. The Hall–Kier alpha value is -1.54. The molecule has 7 nitrogen and oxygen atoms in total. The summed E-state index contributed by atoms with van der Waals surface area (Å²) in [6.07, 6.45) is 3.14. The number of aliphatic hydroxyl groups is 1. The second kappa shape index (κ2) is 6.76. The van der Waals surface area contributed by atoms with Crippen molar-refractivity contribution in [1.82, 2.24) is 4.72 Å². The Bertz CT molecular complexity index is 504. The van der Waals surface area contributed by atoms with Crippen molar-refractivity contribution in [3.63, 3.8) is 0 Å². The van der Waals surface area contributed by atoms with Gasteiger partial charge >= 0.3 is 5.97 Å². The van der Waals surface area contributed by atoms with Crippen molar-refractivity contribution in [1.29, 1.82) is 0 Å². The van der Waals surface area contributed by atoms with Crippen molar-refractivity contribution in [2.24, 2.45) is 11.7 Å². The van der Waals surface area contributed by atoms with Gasteiger partial charge in [0.25, 0.3) is 10.0 Å².